The van der Waals surface area contributed by atoms with Gasteiger partial charge in [0.25, 0.3) is 5.91 Å². The zero-order valence-electron chi connectivity index (χ0n) is 23.3. The van der Waals surface area contributed by atoms with Crippen molar-refractivity contribution in [3.63, 3.8) is 0 Å². The molecule has 1 amide bonds. The molecule has 2 aliphatic rings. The lowest BCUT2D eigenvalue weighted by molar-refractivity contribution is 0.0320. The molecule has 10 nitrogen and oxygen atoms in total. The second-order valence-corrected chi connectivity index (χ2v) is 10.1. The van der Waals surface area contributed by atoms with E-state index in [1.54, 1.807) is 48.9 Å². The van der Waals surface area contributed by atoms with E-state index in [-0.39, 0.29) is 17.7 Å². The normalized spacial score (nSPS) is 17.2. The molecule has 0 spiro atoms. The summed E-state index contributed by atoms with van der Waals surface area (Å²) in [7, 11) is 0. The van der Waals surface area contributed by atoms with E-state index >= 15 is 4.39 Å². The van der Waals surface area contributed by atoms with E-state index in [1.807, 2.05) is 18.2 Å². The fraction of sp³-hybridized carbons (Fsp3) is 0.250. The Bertz CT molecular complexity index is 1730. The average Bonchev–Trinajstić information content (AvgIpc) is 3.03. The number of carbonyl (C=O) groups is 1. The number of morpholine rings is 1. The van der Waals surface area contributed by atoms with E-state index in [0.29, 0.717) is 40.3 Å². The van der Waals surface area contributed by atoms with Crippen molar-refractivity contribution in [1.29, 1.82) is 0 Å². The number of amides is 1. The molecular formula is C32H30FN5O5. The first-order valence-electron chi connectivity index (χ1n) is 14.1. The summed E-state index contributed by atoms with van der Waals surface area (Å²) in [5.74, 6) is -0.378. The topological polar surface area (TPSA) is 119 Å². The maximum Gasteiger partial charge on any atom is 0.257 e. The minimum absolute atomic E-state index is 0.0211. The van der Waals surface area contributed by atoms with E-state index in [2.05, 4.69) is 25.2 Å². The highest BCUT2D eigenvalue weighted by Gasteiger charge is 2.22. The van der Waals surface area contributed by atoms with Crippen molar-refractivity contribution in [3.05, 3.63) is 107 Å². The van der Waals surface area contributed by atoms with Gasteiger partial charge in [-0.05, 0) is 30.2 Å². The number of allylic oxidation sites excluding steroid dienone is 1. The summed E-state index contributed by atoms with van der Waals surface area (Å²) in [6.07, 6.45) is 9.17. The maximum absolute atomic E-state index is 15.1. The molecule has 1 aromatic carbocycles. The Kier molecular flexibility index (Phi) is 8.52. The number of ether oxygens (including phenoxy) is 3. The number of aromatic amines is 1. The second-order valence-electron chi connectivity index (χ2n) is 10.1. The molecule has 11 heteroatoms. The first-order valence-corrected chi connectivity index (χ1v) is 14.1. The van der Waals surface area contributed by atoms with Crippen molar-refractivity contribution < 1.29 is 23.4 Å². The van der Waals surface area contributed by atoms with Gasteiger partial charge in [-0.1, -0.05) is 30.3 Å². The van der Waals surface area contributed by atoms with Gasteiger partial charge in [0.05, 0.1) is 30.2 Å². The highest BCUT2D eigenvalue weighted by molar-refractivity contribution is 5.95. The number of aromatic nitrogens is 3. The van der Waals surface area contributed by atoms with Crippen LogP contribution in [0, 0.1) is 0 Å². The van der Waals surface area contributed by atoms with Gasteiger partial charge in [-0.25, -0.2) is 9.37 Å². The standard InChI is InChI=1S/C32H30FN5O5/c33-26-16-22(37-32(40)25-19-34-18-23(31(25)39)21-4-2-1-3-5-21)6-7-29(26)43-28-8-9-35-27-17-30(36-20-24(27)28)42-15-12-38-10-13-41-14-11-38/h1-5,7-9,16-20,22H,6,10-15H2,(H,34,39)(H,37,40). The van der Waals surface area contributed by atoms with Crippen LogP contribution in [-0.2, 0) is 4.74 Å². The molecule has 0 bridgehead atoms. The third kappa shape index (κ3) is 6.63. The van der Waals surface area contributed by atoms with E-state index in [0.717, 1.165) is 32.8 Å². The first kappa shape index (κ1) is 28.3. The van der Waals surface area contributed by atoms with Crippen LogP contribution in [0.5, 0.6) is 11.6 Å². The van der Waals surface area contributed by atoms with Gasteiger partial charge in [0.2, 0.25) is 11.3 Å². The molecule has 0 radical (unpaired) electrons. The zero-order chi connectivity index (χ0) is 29.6. The van der Waals surface area contributed by atoms with E-state index < -0.39 is 23.2 Å². The number of hydrogen-bond donors (Lipinski definition) is 2. The number of fused-ring (bicyclic) bond motifs is 1. The molecular weight excluding hydrogens is 553 g/mol. The third-order valence-electron chi connectivity index (χ3n) is 7.27. The summed E-state index contributed by atoms with van der Waals surface area (Å²) in [5, 5.41) is 3.33. The summed E-state index contributed by atoms with van der Waals surface area (Å²) in [5.41, 5.74) is 1.20. The molecule has 0 saturated carbocycles. The molecule has 4 aromatic rings. The van der Waals surface area contributed by atoms with Crippen LogP contribution in [0.1, 0.15) is 16.8 Å². The highest BCUT2D eigenvalue weighted by atomic mass is 19.1. The number of halogens is 1. The maximum atomic E-state index is 15.1. The lowest BCUT2D eigenvalue weighted by Crippen LogP contribution is -2.38. The van der Waals surface area contributed by atoms with Gasteiger partial charge in [0, 0.05) is 56.1 Å². The molecule has 220 valence electrons. The quantitative estimate of drug-likeness (QED) is 0.304. The summed E-state index contributed by atoms with van der Waals surface area (Å²) in [6.45, 7) is 4.49. The molecule has 6 rings (SSSR count). The van der Waals surface area contributed by atoms with Gasteiger partial charge in [-0.2, -0.15) is 0 Å². The Labute approximate surface area is 246 Å². The van der Waals surface area contributed by atoms with E-state index in [4.69, 9.17) is 14.2 Å². The monoisotopic (exact) mass is 583 g/mol. The number of pyridine rings is 3. The fourth-order valence-corrected chi connectivity index (χ4v) is 4.97. The number of nitrogens with zero attached hydrogens (tertiary/aromatic N) is 3. The van der Waals surface area contributed by atoms with Crippen molar-refractivity contribution >= 4 is 16.8 Å². The Morgan fingerprint density at radius 1 is 1.14 bits per heavy atom. The number of hydrogen-bond acceptors (Lipinski definition) is 8. The van der Waals surface area contributed by atoms with Gasteiger partial charge in [-0.3, -0.25) is 19.5 Å². The Morgan fingerprint density at radius 2 is 1.98 bits per heavy atom. The predicted molar refractivity (Wildman–Crippen MR) is 159 cm³/mol. The van der Waals surface area contributed by atoms with Gasteiger partial charge in [0.15, 0.2) is 11.6 Å². The minimum atomic E-state index is -0.660. The van der Waals surface area contributed by atoms with Crippen LogP contribution in [-0.4, -0.2) is 71.3 Å². The molecule has 1 aliphatic carbocycles. The van der Waals surface area contributed by atoms with Gasteiger partial charge in [-0.15, -0.1) is 0 Å². The molecule has 1 aliphatic heterocycles. The first-order chi connectivity index (χ1) is 21.0. The Hall–Kier alpha value is -4.87. The summed E-state index contributed by atoms with van der Waals surface area (Å²) in [6, 6.07) is 11.8. The number of H-pyrrole nitrogens is 1. The molecule has 43 heavy (non-hydrogen) atoms. The molecule has 1 saturated heterocycles. The lowest BCUT2D eigenvalue weighted by atomic mass is 10.0. The second kappa shape index (κ2) is 13.0. The van der Waals surface area contributed by atoms with Crippen molar-refractivity contribution in [3.8, 4) is 22.8 Å². The average molecular weight is 584 g/mol. The van der Waals surface area contributed by atoms with Crippen molar-refractivity contribution in [1.82, 2.24) is 25.2 Å². The van der Waals surface area contributed by atoms with Gasteiger partial charge in [0.1, 0.15) is 17.9 Å². The molecule has 1 atom stereocenters. The predicted octanol–water partition coefficient (Wildman–Crippen LogP) is 4.01. The fourth-order valence-electron chi connectivity index (χ4n) is 4.97. The number of rotatable bonds is 9. The minimum Gasteiger partial charge on any atom is -0.476 e. The SMILES string of the molecule is O=C(NC1C=C(F)C(Oc2ccnc3cc(OCCN4CCOCC4)ncc23)=CC1)c1c[nH]cc(-c2ccccc2)c1=O. The van der Waals surface area contributed by atoms with E-state index in [1.165, 1.54) is 12.3 Å². The van der Waals surface area contributed by atoms with Crippen LogP contribution < -0.4 is 20.2 Å². The van der Waals surface area contributed by atoms with Crippen LogP contribution >= 0.6 is 0 Å². The molecule has 1 fully saturated rings. The summed E-state index contributed by atoms with van der Waals surface area (Å²) < 4.78 is 32.3. The smallest absolute Gasteiger partial charge is 0.257 e. The van der Waals surface area contributed by atoms with Crippen LogP contribution in [0.3, 0.4) is 0 Å². The van der Waals surface area contributed by atoms with Crippen molar-refractivity contribution in [2.45, 2.75) is 12.5 Å². The molecule has 1 unspecified atom stereocenters. The van der Waals surface area contributed by atoms with Crippen molar-refractivity contribution in [2.24, 2.45) is 0 Å². The van der Waals surface area contributed by atoms with Gasteiger partial charge < -0.3 is 24.5 Å². The molecule has 3 aromatic heterocycles. The van der Waals surface area contributed by atoms with Crippen LogP contribution in [0.25, 0.3) is 22.0 Å². The molecule has 4 heterocycles. The number of nitrogens with one attached hydrogen (secondary N) is 2. The summed E-state index contributed by atoms with van der Waals surface area (Å²) >= 11 is 0. The largest absolute Gasteiger partial charge is 0.476 e. The van der Waals surface area contributed by atoms with Gasteiger partial charge >= 0.3 is 0 Å². The van der Waals surface area contributed by atoms with Crippen LogP contribution in [0.4, 0.5) is 4.39 Å². The highest BCUT2D eigenvalue weighted by Crippen LogP contribution is 2.30. The van der Waals surface area contributed by atoms with Crippen LogP contribution in [0.2, 0.25) is 0 Å². The van der Waals surface area contributed by atoms with E-state index in [9.17, 15) is 9.59 Å². The zero-order valence-corrected chi connectivity index (χ0v) is 23.3. The summed E-state index contributed by atoms with van der Waals surface area (Å²) in [4.78, 5) is 39.8. The lowest BCUT2D eigenvalue weighted by Gasteiger charge is -2.26. The Balaban J connectivity index is 1.09. The Morgan fingerprint density at radius 3 is 2.79 bits per heavy atom. The van der Waals surface area contributed by atoms with Crippen molar-refractivity contribution in [2.75, 3.05) is 39.5 Å². The van der Waals surface area contributed by atoms with Crippen LogP contribution in [0.15, 0.2) is 95.8 Å². The number of carbonyl (C=O) groups excluding carboxylic acids is 1. The third-order valence-corrected chi connectivity index (χ3v) is 7.27. The number of benzene rings is 1. The molecule has 2 N–H and O–H groups in total.